The van der Waals surface area contributed by atoms with Crippen molar-refractivity contribution >= 4 is 11.8 Å². The Labute approximate surface area is 133 Å². The van der Waals surface area contributed by atoms with Crippen LogP contribution in [-0.2, 0) is 6.42 Å². The van der Waals surface area contributed by atoms with Gasteiger partial charge in [-0.2, -0.15) is 0 Å². The first kappa shape index (κ1) is 15.4. The Balaban J connectivity index is 1.64. The predicted molar refractivity (Wildman–Crippen MR) is 90.7 cm³/mol. The second kappa shape index (κ2) is 5.96. The van der Waals surface area contributed by atoms with Gasteiger partial charge in [0.15, 0.2) is 0 Å². The number of hydrogen-bond acceptors (Lipinski definition) is 2. The summed E-state index contributed by atoms with van der Waals surface area (Å²) >= 11 is 2.05. The van der Waals surface area contributed by atoms with Gasteiger partial charge in [0.25, 0.3) is 0 Å². The van der Waals surface area contributed by atoms with Gasteiger partial charge in [-0.05, 0) is 54.6 Å². The van der Waals surface area contributed by atoms with Gasteiger partial charge in [-0.15, -0.1) is 11.8 Å². The number of thioether (sulfide) groups is 1. The van der Waals surface area contributed by atoms with E-state index in [1.54, 1.807) is 0 Å². The molecule has 4 unspecified atom stereocenters. The SMILES string of the molecule is CC1CCC(C(C)(C)CC2Cc3ccccc3S2)C(O)C1. The highest BCUT2D eigenvalue weighted by atomic mass is 32.2. The largest absolute Gasteiger partial charge is 0.393 e. The molecule has 4 atom stereocenters. The number of aliphatic hydroxyl groups excluding tert-OH is 1. The summed E-state index contributed by atoms with van der Waals surface area (Å²) in [6, 6.07) is 8.82. The summed E-state index contributed by atoms with van der Waals surface area (Å²) in [5.41, 5.74) is 1.75. The van der Waals surface area contributed by atoms with Crippen LogP contribution in [0.1, 0.15) is 52.0 Å². The van der Waals surface area contributed by atoms with Crippen molar-refractivity contribution in [3.05, 3.63) is 29.8 Å². The van der Waals surface area contributed by atoms with E-state index in [2.05, 4.69) is 45.0 Å². The van der Waals surface area contributed by atoms with Crippen LogP contribution in [0.3, 0.4) is 0 Å². The lowest BCUT2D eigenvalue weighted by Gasteiger charge is -2.43. The molecule has 3 rings (SSSR count). The Bertz CT molecular complexity index is 471. The van der Waals surface area contributed by atoms with Crippen LogP contribution in [0.25, 0.3) is 0 Å². The van der Waals surface area contributed by atoms with E-state index in [-0.39, 0.29) is 11.5 Å². The molecule has 1 saturated carbocycles. The highest BCUT2D eigenvalue weighted by Gasteiger charge is 2.40. The first-order chi connectivity index (χ1) is 9.95. The third-order valence-electron chi connectivity index (χ3n) is 5.55. The summed E-state index contributed by atoms with van der Waals surface area (Å²) < 4.78 is 0. The van der Waals surface area contributed by atoms with Crippen LogP contribution in [0.4, 0.5) is 0 Å². The summed E-state index contributed by atoms with van der Waals surface area (Å²) in [4.78, 5) is 1.47. The van der Waals surface area contributed by atoms with Crippen LogP contribution >= 0.6 is 11.8 Å². The van der Waals surface area contributed by atoms with Gasteiger partial charge in [-0.3, -0.25) is 0 Å². The minimum absolute atomic E-state index is 0.0995. The summed E-state index contributed by atoms with van der Waals surface area (Å²) in [6.45, 7) is 7.02. The van der Waals surface area contributed by atoms with Gasteiger partial charge in [0.05, 0.1) is 6.10 Å². The normalized spacial score (nSPS) is 33.0. The van der Waals surface area contributed by atoms with Crippen molar-refractivity contribution in [2.75, 3.05) is 0 Å². The Hall–Kier alpha value is -0.470. The molecule has 0 aromatic heterocycles. The van der Waals surface area contributed by atoms with Crippen molar-refractivity contribution in [3.63, 3.8) is 0 Å². The molecule has 0 bridgehead atoms. The maximum Gasteiger partial charge on any atom is 0.0576 e. The molecule has 0 radical (unpaired) electrons. The first-order valence-electron chi connectivity index (χ1n) is 8.38. The Morgan fingerprint density at radius 1 is 1.24 bits per heavy atom. The molecule has 1 aliphatic heterocycles. The molecule has 1 aliphatic carbocycles. The Kier molecular flexibility index (Phi) is 4.38. The summed E-state index contributed by atoms with van der Waals surface area (Å²) in [5.74, 6) is 1.16. The third-order valence-corrected chi connectivity index (χ3v) is 6.87. The highest BCUT2D eigenvalue weighted by Crippen LogP contribution is 2.48. The quantitative estimate of drug-likeness (QED) is 0.855. The van der Waals surface area contributed by atoms with Crippen molar-refractivity contribution in [2.45, 2.75) is 69.1 Å². The fraction of sp³-hybridized carbons (Fsp3) is 0.684. The van der Waals surface area contributed by atoms with Crippen molar-refractivity contribution in [1.82, 2.24) is 0 Å². The molecule has 1 nitrogen and oxygen atoms in total. The first-order valence-corrected chi connectivity index (χ1v) is 9.26. The van der Waals surface area contributed by atoms with E-state index in [0.717, 1.165) is 6.42 Å². The fourth-order valence-corrected chi connectivity index (χ4v) is 5.96. The lowest BCUT2D eigenvalue weighted by atomic mass is 9.65. The molecular weight excluding hydrogens is 276 g/mol. The number of benzene rings is 1. The summed E-state index contributed by atoms with van der Waals surface area (Å²) in [7, 11) is 0. The van der Waals surface area contributed by atoms with E-state index in [4.69, 9.17) is 0 Å². The minimum Gasteiger partial charge on any atom is -0.393 e. The van der Waals surface area contributed by atoms with E-state index in [1.807, 2.05) is 11.8 Å². The lowest BCUT2D eigenvalue weighted by Crippen LogP contribution is -2.40. The van der Waals surface area contributed by atoms with Crippen molar-refractivity contribution in [1.29, 1.82) is 0 Å². The van der Waals surface area contributed by atoms with Crippen LogP contribution in [0.2, 0.25) is 0 Å². The van der Waals surface area contributed by atoms with Crippen LogP contribution in [-0.4, -0.2) is 16.5 Å². The zero-order valence-corrected chi connectivity index (χ0v) is 14.3. The number of fused-ring (bicyclic) bond motifs is 1. The summed E-state index contributed by atoms with van der Waals surface area (Å²) in [5, 5.41) is 11.2. The third kappa shape index (κ3) is 3.32. The molecule has 2 aliphatic rings. The van der Waals surface area contributed by atoms with E-state index in [0.29, 0.717) is 17.1 Å². The Morgan fingerprint density at radius 2 is 2.00 bits per heavy atom. The van der Waals surface area contributed by atoms with Crippen LogP contribution < -0.4 is 0 Å². The second-order valence-electron chi connectivity index (χ2n) is 7.84. The molecule has 0 saturated heterocycles. The minimum atomic E-state index is -0.0995. The molecule has 1 fully saturated rings. The zero-order valence-electron chi connectivity index (χ0n) is 13.5. The van der Waals surface area contributed by atoms with Crippen LogP contribution in [0.15, 0.2) is 29.2 Å². The molecule has 0 amide bonds. The second-order valence-corrected chi connectivity index (χ2v) is 9.18. The molecule has 0 spiro atoms. The number of aliphatic hydroxyl groups is 1. The van der Waals surface area contributed by atoms with Gasteiger partial charge in [0.1, 0.15) is 0 Å². The average molecular weight is 304 g/mol. The molecular formula is C19H28OS. The van der Waals surface area contributed by atoms with Gasteiger partial charge in [-0.1, -0.05) is 45.4 Å². The predicted octanol–water partition coefficient (Wildman–Crippen LogP) is 4.92. The van der Waals surface area contributed by atoms with Gasteiger partial charge < -0.3 is 5.11 Å². The molecule has 1 heterocycles. The number of rotatable bonds is 3. The molecule has 1 N–H and O–H groups in total. The van der Waals surface area contributed by atoms with Gasteiger partial charge in [0.2, 0.25) is 0 Å². The zero-order chi connectivity index (χ0) is 15.0. The standard InChI is InChI=1S/C19H28OS/c1-13-8-9-16(17(20)10-13)19(2,3)12-15-11-14-6-4-5-7-18(14)21-15/h4-7,13,15-17,20H,8-12H2,1-3H3. The molecule has 1 aromatic rings. The van der Waals surface area contributed by atoms with Crippen LogP contribution in [0, 0.1) is 17.3 Å². The fourth-order valence-electron chi connectivity index (χ4n) is 4.37. The van der Waals surface area contributed by atoms with Gasteiger partial charge in [-0.25, -0.2) is 0 Å². The Morgan fingerprint density at radius 3 is 2.71 bits per heavy atom. The lowest BCUT2D eigenvalue weighted by molar-refractivity contribution is -0.0159. The van der Waals surface area contributed by atoms with Gasteiger partial charge >= 0.3 is 0 Å². The van der Waals surface area contributed by atoms with E-state index in [9.17, 15) is 5.11 Å². The topological polar surface area (TPSA) is 20.2 Å². The maximum atomic E-state index is 10.5. The maximum absolute atomic E-state index is 10.5. The molecule has 2 heteroatoms. The monoisotopic (exact) mass is 304 g/mol. The summed E-state index contributed by atoms with van der Waals surface area (Å²) in [6.07, 6.45) is 5.78. The van der Waals surface area contributed by atoms with Gasteiger partial charge in [0, 0.05) is 10.1 Å². The highest BCUT2D eigenvalue weighted by molar-refractivity contribution is 8.00. The van der Waals surface area contributed by atoms with E-state index in [1.165, 1.54) is 36.1 Å². The molecule has 1 aromatic carbocycles. The van der Waals surface area contributed by atoms with Crippen molar-refractivity contribution < 1.29 is 5.11 Å². The van der Waals surface area contributed by atoms with E-state index >= 15 is 0 Å². The molecule has 116 valence electrons. The van der Waals surface area contributed by atoms with Crippen molar-refractivity contribution in [3.8, 4) is 0 Å². The van der Waals surface area contributed by atoms with Crippen LogP contribution in [0.5, 0.6) is 0 Å². The average Bonchev–Trinajstić information content (AvgIpc) is 2.79. The smallest absolute Gasteiger partial charge is 0.0576 e. The van der Waals surface area contributed by atoms with E-state index < -0.39 is 0 Å². The number of hydrogen-bond donors (Lipinski definition) is 1. The molecule has 21 heavy (non-hydrogen) atoms. The van der Waals surface area contributed by atoms with Crippen molar-refractivity contribution in [2.24, 2.45) is 17.3 Å².